The molecule has 0 aromatic heterocycles. The van der Waals surface area contributed by atoms with Gasteiger partial charge in [0.2, 0.25) is 0 Å². The SMILES string of the molecule is CCC(N)(C(=O)O)C1CN(Cc2ccccc2)C1. The van der Waals surface area contributed by atoms with Crippen LogP contribution in [-0.2, 0) is 11.3 Å². The third-order valence-electron chi connectivity index (χ3n) is 3.92. The van der Waals surface area contributed by atoms with Gasteiger partial charge in [-0.2, -0.15) is 0 Å². The summed E-state index contributed by atoms with van der Waals surface area (Å²) in [7, 11) is 0. The molecule has 4 heteroatoms. The number of hydrogen-bond donors (Lipinski definition) is 2. The number of carboxylic acids is 1. The van der Waals surface area contributed by atoms with Crippen molar-refractivity contribution in [2.75, 3.05) is 13.1 Å². The van der Waals surface area contributed by atoms with E-state index in [1.807, 2.05) is 25.1 Å². The van der Waals surface area contributed by atoms with Crippen molar-refractivity contribution in [3.63, 3.8) is 0 Å². The number of rotatable bonds is 5. The van der Waals surface area contributed by atoms with Crippen LogP contribution < -0.4 is 5.73 Å². The molecule has 0 saturated carbocycles. The number of nitrogens with two attached hydrogens (primary N) is 1. The van der Waals surface area contributed by atoms with Crippen molar-refractivity contribution in [3.8, 4) is 0 Å². The molecule has 98 valence electrons. The number of hydrogen-bond acceptors (Lipinski definition) is 3. The number of carboxylic acid groups (broad SMARTS) is 1. The molecule has 1 heterocycles. The van der Waals surface area contributed by atoms with Crippen molar-refractivity contribution in [1.82, 2.24) is 4.90 Å². The second kappa shape index (κ2) is 5.08. The summed E-state index contributed by atoms with van der Waals surface area (Å²) in [5, 5.41) is 9.20. The van der Waals surface area contributed by atoms with Crippen LogP contribution in [0.4, 0.5) is 0 Å². The molecular weight excluding hydrogens is 228 g/mol. The average Bonchev–Trinajstić information content (AvgIpc) is 2.33. The molecule has 1 aliphatic rings. The minimum absolute atomic E-state index is 0.0590. The van der Waals surface area contributed by atoms with Crippen LogP contribution in [0.5, 0.6) is 0 Å². The van der Waals surface area contributed by atoms with Gasteiger partial charge in [0.15, 0.2) is 0 Å². The smallest absolute Gasteiger partial charge is 0.324 e. The second-order valence-electron chi connectivity index (χ2n) is 5.08. The lowest BCUT2D eigenvalue weighted by molar-refractivity contribution is -0.149. The molecule has 0 spiro atoms. The van der Waals surface area contributed by atoms with E-state index in [4.69, 9.17) is 5.73 Å². The third-order valence-corrected chi connectivity index (χ3v) is 3.92. The Labute approximate surface area is 107 Å². The Morgan fingerprint density at radius 3 is 2.56 bits per heavy atom. The first-order valence-electron chi connectivity index (χ1n) is 6.35. The van der Waals surface area contributed by atoms with Crippen LogP contribution in [0, 0.1) is 5.92 Å². The summed E-state index contributed by atoms with van der Waals surface area (Å²) in [6.07, 6.45) is 0.478. The summed E-state index contributed by atoms with van der Waals surface area (Å²) in [6.45, 7) is 4.25. The first kappa shape index (κ1) is 13.1. The van der Waals surface area contributed by atoms with Gasteiger partial charge >= 0.3 is 5.97 Å². The Bertz CT molecular complexity index is 415. The highest BCUT2D eigenvalue weighted by atomic mass is 16.4. The first-order chi connectivity index (χ1) is 8.56. The molecular formula is C14H20N2O2. The summed E-state index contributed by atoms with van der Waals surface area (Å²) >= 11 is 0. The van der Waals surface area contributed by atoms with Crippen molar-refractivity contribution in [1.29, 1.82) is 0 Å². The van der Waals surface area contributed by atoms with Gasteiger partial charge in [0.25, 0.3) is 0 Å². The van der Waals surface area contributed by atoms with E-state index in [1.54, 1.807) is 0 Å². The van der Waals surface area contributed by atoms with Crippen LogP contribution in [0.25, 0.3) is 0 Å². The number of nitrogens with zero attached hydrogens (tertiary/aromatic N) is 1. The molecule has 3 N–H and O–H groups in total. The van der Waals surface area contributed by atoms with Crippen molar-refractivity contribution in [3.05, 3.63) is 35.9 Å². The molecule has 1 saturated heterocycles. The molecule has 0 aliphatic carbocycles. The van der Waals surface area contributed by atoms with Gasteiger partial charge in [0, 0.05) is 25.6 Å². The second-order valence-corrected chi connectivity index (χ2v) is 5.08. The van der Waals surface area contributed by atoms with Gasteiger partial charge in [-0.05, 0) is 12.0 Å². The largest absolute Gasteiger partial charge is 0.480 e. The summed E-state index contributed by atoms with van der Waals surface area (Å²) in [4.78, 5) is 13.4. The van der Waals surface area contributed by atoms with E-state index in [0.29, 0.717) is 6.42 Å². The molecule has 1 aromatic rings. The molecule has 18 heavy (non-hydrogen) atoms. The first-order valence-corrected chi connectivity index (χ1v) is 6.35. The van der Waals surface area contributed by atoms with E-state index >= 15 is 0 Å². The molecule has 2 rings (SSSR count). The lowest BCUT2D eigenvalue weighted by Gasteiger charge is -2.46. The summed E-state index contributed by atoms with van der Waals surface area (Å²) in [6, 6.07) is 10.2. The Morgan fingerprint density at radius 2 is 2.06 bits per heavy atom. The van der Waals surface area contributed by atoms with Gasteiger partial charge in [-0.25, -0.2) is 0 Å². The highest BCUT2D eigenvalue weighted by Crippen LogP contribution is 2.29. The lowest BCUT2D eigenvalue weighted by atomic mass is 9.77. The molecule has 0 radical (unpaired) electrons. The van der Waals surface area contributed by atoms with Crippen LogP contribution in [0.3, 0.4) is 0 Å². The van der Waals surface area contributed by atoms with E-state index < -0.39 is 11.5 Å². The fourth-order valence-corrected chi connectivity index (χ4v) is 2.48. The molecule has 1 aliphatic heterocycles. The molecule has 1 unspecified atom stereocenters. The predicted octanol–water partition coefficient (Wildman–Crippen LogP) is 1.31. The van der Waals surface area contributed by atoms with Gasteiger partial charge in [-0.3, -0.25) is 9.69 Å². The molecule has 0 amide bonds. The Kier molecular flexibility index (Phi) is 3.68. The number of benzene rings is 1. The third kappa shape index (κ3) is 2.40. The van der Waals surface area contributed by atoms with E-state index in [-0.39, 0.29) is 5.92 Å². The zero-order valence-corrected chi connectivity index (χ0v) is 10.7. The van der Waals surface area contributed by atoms with Crippen molar-refractivity contribution < 1.29 is 9.90 Å². The van der Waals surface area contributed by atoms with E-state index in [0.717, 1.165) is 19.6 Å². The van der Waals surface area contributed by atoms with Crippen LogP contribution >= 0.6 is 0 Å². The quantitative estimate of drug-likeness (QED) is 0.824. The lowest BCUT2D eigenvalue weighted by Crippen LogP contribution is -2.65. The van der Waals surface area contributed by atoms with Gasteiger partial charge in [0.05, 0.1) is 0 Å². The highest BCUT2D eigenvalue weighted by molar-refractivity contribution is 5.79. The van der Waals surface area contributed by atoms with Gasteiger partial charge in [-0.1, -0.05) is 37.3 Å². The van der Waals surface area contributed by atoms with Crippen LogP contribution in [0.1, 0.15) is 18.9 Å². The van der Waals surface area contributed by atoms with E-state index in [2.05, 4.69) is 17.0 Å². The summed E-state index contributed by atoms with van der Waals surface area (Å²) in [5.74, 6) is -0.821. The van der Waals surface area contributed by atoms with Gasteiger partial charge < -0.3 is 10.8 Å². The Hall–Kier alpha value is -1.39. The minimum Gasteiger partial charge on any atom is -0.480 e. The number of carbonyl (C=O) groups is 1. The maximum absolute atomic E-state index is 11.2. The average molecular weight is 248 g/mol. The fraction of sp³-hybridized carbons (Fsp3) is 0.500. The highest BCUT2D eigenvalue weighted by Gasteiger charge is 2.46. The van der Waals surface area contributed by atoms with Crippen molar-refractivity contribution in [2.24, 2.45) is 11.7 Å². The predicted molar refractivity (Wildman–Crippen MR) is 70.1 cm³/mol. The Balaban J connectivity index is 1.89. The van der Waals surface area contributed by atoms with Crippen LogP contribution in [0.2, 0.25) is 0 Å². The molecule has 4 nitrogen and oxygen atoms in total. The topological polar surface area (TPSA) is 66.6 Å². The maximum atomic E-state index is 11.2. The molecule has 1 aromatic carbocycles. The van der Waals surface area contributed by atoms with Crippen LogP contribution in [0.15, 0.2) is 30.3 Å². The molecule has 1 atom stereocenters. The Morgan fingerprint density at radius 1 is 1.44 bits per heavy atom. The van der Waals surface area contributed by atoms with E-state index in [1.165, 1.54) is 5.56 Å². The van der Waals surface area contributed by atoms with Crippen molar-refractivity contribution >= 4 is 5.97 Å². The molecule has 1 fully saturated rings. The van der Waals surface area contributed by atoms with Gasteiger partial charge in [0.1, 0.15) is 5.54 Å². The zero-order chi connectivity index (χ0) is 13.2. The summed E-state index contributed by atoms with van der Waals surface area (Å²) < 4.78 is 0. The summed E-state index contributed by atoms with van der Waals surface area (Å²) in [5.41, 5.74) is 6.17. The van der Waals surface area contributed by atoms with E-state index in [9.17, 15) is 9.90 Å². The monoisotopic (exact) mass is 248 g/mol. The number of likely N-dealkylation sites (tertiary alicyclic amines) is 1. The minimum atomic E-state index is -1.06. The normalized spacial score (nSPS) is 20.1. The maximum Gasteiger partial charge on any atom is 0.324 e. The van der Waals surface area contributed by atoms with Crippen LogP contribution in [-0.4, -0.2) is 34.6 Å². The van der Waals surface area contributed by atoms with Crippen molar-refractivity contribution in [2.45, 2.75) is 25.4 Å². The fourth-order valence-electron chi connectivity index (χ4n) is 2.48. The number of aliphatic carboxylic acids is 1. The standard InChI is InChI=1S/C14H20N2O2/c1-2-14(15,13(17)18)12-9-16(10-12)8-11-6-4-3-5-7-11/h3-7,12H,2,8-10,15H2,1H3,(H,17,18). The van der Waals surface area contributed by atoms with Gasteiger partial charge in [-0.15, -0.1) is 0 Å². The zero-order valence-electron chi connectivity index (χ0n) is 10.7. The molecule has 0 bridgehead atoms.